The summed E-state index contributed by atoms with van der Waals surface area (Å²) in [4.78, 5) is 10.4. The summed E-state index contributed by atoms with van der Waals surface area (Å²) in [6.07, 6.45) is -3.74. The van der Waals surface area contributed by atoms with Crippen molar-refractivity contribution in [2.75, 3.05) is 26.2 Å². The van der Waals surface area contributed by atoms with Gasteiger partial charge >= 0.3 is 6.18 Å². The highest BCUT2D eigenvalue weighted by Gasteiger charge is 2.35. The van der Waals surface area contributed by atoms with Gasteiger partial charge in [-0.15, -0.1) is 10.2 Å². The lowest BCUT2D eigenvalue weighted by Crippen LogP contribution is -2.32. The second-order valence-corrected chi connectivity index (χ2v) is 8.78. The number of aromatic nitrogens is 4. The summed E-state index contributed by atoms with van der Waals surface area (Å²) in [6, 6.07) is 12.9. The number of hydrogen-bond acceptors (Lipinski definition) is 8. The maximum absolute atomic E-state index is 14.2. The molecule has 0 saturated carbocycles. The molecule has 5 rings (SSSR count). The van der Waals surface area contributed by atoms with E-state index in [1.54, 1.807) is 24.0 Å². The van der Waals surface area contributed by atoms with Gasteiger partial charge in [0.2, 0.25) is 5.89 Å². The molecule has 2 aromatic heterocycles. The van der Waals surface area contributed by atoms with Gasteiger partial charge < -0.3 is 14.8 Å². The molecule has 2 N–H and O–H groups in total. The van der Waals surface area contributed by atoms with E-state index < -0.39 is 18.0 Å². The van der Waals surface area contributed by atoms with E-state index in [1.165, 1.54) is 18.3 Å². The third kappa shape index (κ3) is 5.38. The van der Waals surface area contributed by atoms with Crippen LogP contribution in [0.4, 0.5) is 13.2 Å². The molecule has 11 heteroatoms. The Kier molecular flexibility index (Phi) is 7.00. The zero-order chi connectivity index (χ0) is 26.0. The lowest BCUT2D eigenvalue weighted by atomic mass is 9.99. The van der Waals surface area contributed by atoms with Crippen molar-refractivity contribution in [3.05, 3.63) is 71.5 Å². The van der Waals surface area contributed by atoms with Crippen molar-refractivity contribution >= 4 is 0 Å². The Morgan fingerprint density at radius 2 is 1.81 bits per heavy atom. The fourth-order valence-electron chi connectivity index (χ4n) is 4.30. The van der Waals surface area contributed by atoms with Crippen LogP contribution in [0.15, 0.2) is 59.1 Å². The first-order chi connectivity index (χ1) is 17.8. The molecule has 0 amide bonds. The SMILES string of the molecule is Cc1ncc(-c2ccc(C(O)N3CCCNCC3)cc2C(F)(F)F)nc1-c1nnc(-c2ccccc2)o1. The number of aryl methyl sites for hydroxylation is 1. The number of hydrogen-bond donors (Lipinski definition) is 2. The number of benzene rings is 2. The Morgan fingerprint density at radius 3 is 2.59 bits per heavy atom. The Hall–Kier alpha value is -3.67. The maximum atomic E-state index is 14.2. The lowest BCUT2D eigenvalue weighted by molar-refractivity contribution is -0.137. The van der Waals surface area contributed by atoms with Crippen molar-refractivity contribution in [3.63, 3.8) is 0 Å². The molecule has 1 aliphatic rings. The van der Waals surface area contributed by atoms with Crippen LogP contribution in [0.1, 0.15) is 29.5 Å². The highest BCUT2D eigenvalue weighted by atomic mass is 19.4. The van der Waals surface area contributed by atoms with Gasteiger partial charge in [-0.3, -0.25) is 9.88 Å². The third-order valence-electron chi connectivity index (χ3n) is 6.25. The molecule has 37 heavy (non-hydrogen) atoms. The standard InChI is InChI=1S/C26H25F3N6O2/c1-16-22(24-34-33-23(37-24)17-6-3-2-4-7-17)32-21(15-31-16)19-9-8-18(14-20(19)26(27,28)29)25(36)35-12-5-10-30-11-13-35/h2-4,6-9,14-15,25,30,36H,5,10-13H2,1H3. The van der Waals surface area contributed by atoms with Gasteiger partial charge in [-0.05, 0) is 43.7 Å². The van der Waals surface area contributed by atoms with Crippen LogP contribution in [0, 0.1) is 6.92 Å². The largest absolute Gasteiger partial charge is 0.417 e. The van der Waals surface area contributed by atoms with Crippen molar-refractivity contribution in [2.24, 2.45) is 0 Å². The van der Waals surface area contributed by atoms with Gasteiger partial charge in [0.05, 0.1) is 23.1 Å². The minimum atomic E-state index is -4.68. The summed E-state index contributed by atoms with van der Waals surface area (Å²) < 4.78 is 48.3. The fraction of sp³-hybridized carbons (Fsp3) is 0.308. The molecule has 8 nitrogen and oxygen atoms in total. The van der Waals surface area contributed by atoms with Gasteiger partial charge in [0.15, 0.2) is 0 Å². The molecule has 0 spiro atoms. The van der Waals surface area contributed by atoms with Gasteiger partial charge in [-0.2, -0.15) is 13.2 Å². The van der Waals surface area contributed by atoms with Crippen LogP contribution in [0.3, 0.4) is 0 Å². The number of nitrogens with one attached hydrogen (secondary N) is 1. The number of aliphatic hydroxyl groups excluding tert-OH is 1. The fourth-order valence-corrected chi connectivity index (χ4v) is 4.30. The predicted octanol–water partition coefficient (Wildman–Crippen LogP) is 4.47. The van der Waals surface area contributed by atoms with Crippen molar-refractivity contribution < 1.29 is 22.7 Å². The number of alkyl halides is 3. The van der Waals surface area contributed by atoms with Gasteiger partial charge in [0.25, 0.3) is 5.89 Å². The van der Waals surface area contributed by atoms with Crippen molar-refractivity contribution in [1.82, 2.24) is 30.4 Å². The van der Waals surface area contributed by atoms with Crippen LogP contribution in [0.2, 0.25) is 0 Å². The molecule has 4 aromatic rings. The van der Waals surface area contributed by atoms with Crippen molar-refractivity contribution in [3.8, 4) is 34.3 Å². The zero-order valence-corrected chi connectivity index (χ0v) is 20.0. The normalized spacial score (nSPS) is 15.9. The molecule has 192 valence electrons. The monoisotopic (exact) mass is 510 g/mol. The van der Waals surface area contributed by atoms with E-state index in [-0.39, 0.29) is 34.3 Å². The molecular formula is C26H25F3N6O2. The molecule has 1 unspecified atom stereocenters. The number of nitrogens with zero attached hydrogens (tertiary/aromatic N) is 5. The maximum Gasteiger partial charge on any atom is 0.417 e. The smallest absolute Gasteiger partial charge is 0.415 e. The number of halogens is 3. The van der Waals surface area contributed by atoms with Crippen LogP contribution in [0.5, 0.6) is 0 Å². The minimum absolute atomic E-state index is 0.00685. The molecule has 3 heterocycles. The zero-order valence-electron chi connectivity index (χ0n) is 20.0. The summed E-state index contributed by atoms with van der Waals surface area (Å²) in [5.74, 6) is 0.321. The highest BCUT2D eigenvalue weighted by molar-refractivity contribution is 5.67. The first kappa shape index (κ1) is 25.0. The van der Waals surface area contributed by atoms with Gasteiger partial charge in [0, 0.05) is 30.8 Å². The van der Waals surface area contributed by atoms with Crippen LogP contribution < -0.4 is 5.32 Å². The molecule has 1 fully saturated rings. The third-order valence-corrected chi connectivity index (χ3v) is 6.25. The van der Waals surface area contributed by atoms with E-state index in [9.17, 15) is 18.3 Å². The summed E-state index contributed by atoms with van der Waals surface area (Å²) in [6.45, 7) is 4.24. The molecule has 1 saturated heterocycles. The van der Waals surface area contributed by atoms with Crippen LogP contribution in [-0.2, 0) is 6.18 Å². The van der Waals surface area contributed by atoms with E-state index in [0.717, 1.165) is 19.0 Å². The van der Waals surface area contributed by atoms with E-state index in [4.69, 9.17) is 4.42 Å². The topological polar surface area (TPSA) is 100 Å². The number of rotatable bonds is 5. The Labute approximate surface area is 211 Å². The first-order valence-electron chi connectivity index (χ1n) is 11.9. The molecule has 0 bridgehead atoms. The Bertz CT molecular complexity index is 1370. The van der Waals surface area contributed by atoms with E-state index >= 15 is 0 Å². The molecule has 2 aromatic carbocycles. The first-order valence-corrected chi connectivity index (χ1v) is 11.9. The van der Waals surface area contributed by atoms with Crippen LogP contribution in [0.25, 0.3) is 34.3 Å². The lowest BCUT2D eigenvalue weighted by Gasteiger charge is -2.27. The van der Waals surface area contributed by atoms with Crippen LogP contribution in [-0.4, -0.2) is 56.4 Å². The minimum Gasteiger partial charge on any atom is -0.415 e. The Morgan fingerprint density at radius 1 is 1.03 bits per heavy atom. The molecule has 1 aliphatic heterocycles. The highest BCUT2D eigenvalue weighted by Crippen LogP contribution is 2.39. The molecule has 0 radical (unpaired) electrons. The van der Waals surface area contributed by atoms with Crippen molar-refractivity contribution in [1.29, 1.82) is 0 Å². The van der Waals surface area contributed by atoms with E-state index in [2.05, 4.69) is 25.5 Å². The summed E-state index contributed by atoms with van der Waals surface area (Å²) in [5, 5.41) is 22.1. The molecular weight excluding hydrogens is 485 g/mol. The quantitative estimate of drug-likeness (QED) is 0.406. The van der Waals surface area contributed by atoms with Crippen LogP contribution >= 0.6 is 0 Å². The molecule has 0 aliphatic carbocycles. The summed E-state index contributed by atoms with van der Waals surface area (Å²) in [7, 11) is 0. The van der Waals surface area contributed by atoms with Gasteiger partial charge in [0.1, 0.15) is 11.9 Å². The predicted molar refractivity (Wildman–Crippen MR) is 130 cm³/mol. The number of aliphatic hydroxyl groups is 1. The Balaban J connectivity index is 1.51. The molecule has 1 atom stereocenters. The second-order valence-electron chi connectivity index (χ2n) is 8.78. The second kappa shape index (κ2) is 10.4. The van der Waals surface area contributed by atoms with Crippen molar-refractivity contribution in [2.45, 2.75) is 25.7 Å². The summed E-state index contributed by atoms with van der Waals surface area (Å²) >= 11 is 0. The van der Waals surface area contributed by atoms with Gasteiger partial charge in [-0.25, -0.2) is 4.98 Å². The van der Waals surface area contributed by atoms with E-state index in [0.29, 0.717) is 30.9 Å². The average molecular weight is 511 g/mol. The van der Waals surface area contributed by atoms with Gasteiger partial charge in [-0.1, -0.05) is 30.3 Å². The average Bonchev–Trinajstić information content (AvgIpc) is 3.23. The van der Waals surface area contributed by atoms with E-state index in [1.807, 2.05) is 18.2 Å². The summed E-state index contributed by atoms with van der Waals surface area (Å²) in [5.41, 5.74) is 0.449.